The Kier molecular flexibility index (Phi) is 14.0. The van der Waals surface area contributed by atoms with Crippen molar-refractivity contribution >= 4 is 23.0 Å². The molecule has 0 bridgehead atoms. The number of esters is 1. The molecular formula is C42H46O23. The maximum Gasteiger partial charge on any atom is 0.330 e. The van der Waals surface area contributed by atoms with E-state index in [2.05, 4.69) is 0 Å². The van der Waals surface area contributed by atoms with Crippen molar-refractivity contribution in [3.8, 4) is 51.6 Å². The molecule has 3 fully saturated rings. The van der Waals surface area contributed by atoms with Crippen molar-refractivity contribution in [1.82, 2.24) is 0 Å². The molecule has 1 aromatic heterocycles. The van der Waals surface area contributed by atoms with E-state index < -0.39 is 145 Å². The highest BCUT2D eigenvalue weighted by molar-refractivity contribution is 5.89. The minimum Gasteiger partial charge on any atom is -0.507 e. The third kappa shape index (κ3) is 9.77. The lowest BCUT2D eigenvalue weighted by Gasteiger charge is -2.44. The van der Waals surface area contributed by atoms with E-state index in [0.29, 0.717) is 5.56 Å². The van der Waals surface area contributed by atoms with Gasteiger partial charge in [-0.25, -0.2) is 4.79 Å². The topological polar surface area (TPSA) is 364 Å². The number of phenols is 4. The molecule has 23 nitrogen and oxygen atoms in total. The summed E-state index contributed by atoms with van der Waals surface area (Å²) in [5.41, 5.74) is -1.18. The Morgan fingerprint density at radius 3 is 2.17 bits per heavy atom. The Morgan fingerprint density at radius 1 is 0.738 bits per heavy atom. The molecular weight excluding hydrogens is 872 g/mol. The molecule has 0 saturated carbocycles. The molecule has 3 aliphatic rings. The van der Waals surface area contributed by atoms with Gasteiger partial charge in [-0.1, -0.05) is 6.07 Å². The van der Waals surface area contributed by atoms with Gasteiger partial charge in [0.2, 0.25) is 23.8 Å². The molecule has 3 saturated heterocycles. The largest absolute Gasteiger partial charge is 0.507 e. The summed E-state index contributed by atoms with van der Waals surface area (Å²) >= 11 is 0. The third-order valence-corrected chi connectivity index (χ3v) is 10.8. The summed E-state index contributed by atoms with van der Waals surface area (Å²) in [6, 6.07) is 9.52. The molecule has 4 aromatic rings. The van der Waals surface area contributed by atoms with Gasteiger partial charge in [0.1, 0.15) is 84.0 Å². The first-order chi connectivity index (χ1) is 30.9. The summed E-state index contributed by atoms with van der Waals surface area (Å²) in [7, 11) is 1.34. The number of aromatic hydroxyl groups is 4. The van der Waals surface area contributed by atoms with E-state index in [1.807, 2.05) is 0 Å². The first-order valence-corrected chi connectivity index (χ1v) is 19.8. The monoisotopic (exact) mass is 918 g/mol. The van der Waals surface area contributed by atoms with Crippen molar-refractivity contribution in [2.75, 3.05) is 20.3 Å². The lowest BCUT2D eigenvalue weighted by molar-refractivity contribution is -0.348. The highest BCUT2D eigenvalue weighted by atomic mass is 16.8. The summed E-state index contributed by atoms with van der Waals surface area (Å²) in [6.45, 7) is 0.0622. The average molecular weight is 919 g/mol. The van der Waals surface area contributed by atoms with Crippen LogP contribution >= 0.6 is 0 Å². The van der Waals surface area contributed by atoms with Crippen LogP contribution in [0.5, 0.6) is 40.2 Å². The molecule has 7 rings (SSSR count). The van der Waals surface area contributed by atoms with Crippen molar-refractivity contribution in [2.24, 2.45) is 0 Å². The van der Waals surface area contributed by atoms with E-state index in [1.54, 1.807) is 0 Å². The molecule has 4 heterocycles. The van der Waals surface area contributed by atoms with Crippen molar-refractivity contribution in [2.45, 2.75) is 92.9 Å². The van der Waals surface area contributed by atoms with Gasteiger partial charge in [0.25, 0.3) is 0 Å². The van der Waals surface area contributed by atoms with Crippen molar-refractivity contribution < 1.29 is 108 Å². The van der Waals surface area contributed by atoms with Crippen LogP contribution in [0.25, 0.3) is 28.4 Å². The summed E-state index contributed by atoms with van der Waals surface area (Å²) in [6.07, 6.45) is -22.0. The van der Waals surface area contributed by atoms with Gasteiger partial charge in [-0.2, -0.15) is 0 Å². The average Bonchev–Trinajstić information content (AvgIpc) is 3.27. The Bertz CT molecular complexity index is 2440. The number of ether oxygens (including phenoxy) is 8. The molecule has 23 heteroatoms. The number of rotatable bonds is 12. The quantitative estimate of drug-likeness (QED) is 0.0433. The molecule has 3 aliphatic heterocycles. The highest BCUT2D eigenvalue weighted by Gasteiger charge is 2.50. The maximum atomic E-state index is 14.3. The Hall–Kier alpha value is -5.80. The van der Waals surface area contributed by atoms with Crippen LogP contribution < -0.4 is 19.6 Å². The summed E-state index contributed by atoms with van der Waals surface area (Å²) in [5.74, 6) is -4.49. The first kappa shape index (κ1) is 47.2. The minimum atomic E-state index is -2.06. The van der Waals surface area contributed by atoms with Gasteiger partial charge in [-0.05, 0) is 48.9 Å². The van der Waals surface area contributed by atoms with E-state index >= 15 is 0 Å². The number of phenolic OH excluding ortho intramolecular Hbond substituents is 4. The van der Waals surface area contributed by atoms with E-state index in [-0.39, 0.29) is 28.4 Å². The normalized spacial score (nSPS) is 31.7. The molecule has 3 aromatic carbocycles. The zero-order valence-electron chi connectivity index (χ0n) is 34.1. The maximum absolute atomic E-state index is 14.3. The van der Waals surface area contributed by atoms with E-state index in [0.717, 1.165) is 30.3 Å². The van der Waals surface area contributed by atoms with Gasteiger partial charge in [0.05, 0.1) is 19.8 Å². The number of carbonyl (C=O) groups is 1. The third-order valence-electron chi connectivity index (χ3n) is 10.8. The number of hydrogen-bond acceptors (Lipinski definition) is 23. The van der Waals surface area contributed by atoms with Crippen molar-refractivity contribution in [3.63, 3.8) is 0 Å². The predicted octanol–water partition coefficient (Wildman–Crippen LogP) is -1.60. The number of benzene rings is 3. The molecule has 65 heavy (non-hydrogen) atoms. The van der Waals surface area contributed by atoms with Crippen LogP contribution in [-0.4, -0.2) is 174 Å². The fourth-order valence-corrected chi connectivity index (χ4v) is 7.16. The van der Waals surface area contributed by atoms with Gasteiger partial charge < -0.3 is 104 Å². The molecule has 0 amide bonds. The fraction of sp³-hybridized carbons (Fsp3) is 0.429. The van der Waals surface area contributed by atoms with E-state index in [4.69, 9.17) is 42.3 Å². The molecule has 0 spiro atoms. The van der Waals surface area contributed by atoms with E-state index in [9.17, 15) is 70.9 Å². The summed E-state index contributed by atoms with van der Waals surface area (Å²) < 4.78 is 50.5. The molecule has 12 N–H and O–H groups in total. The van der Waals surface area contributed by atoms with Crippen LogP contribution in [0, 0.1) is 0 Å². The van der Waals surface area contributed by atoms with Crippen molar-refractivity contribution in [3.05, 3.63) is 70.4 Å². The first-order valence-electron chi connectivity index (χ1n) is 19.8. The van der Waals surface area contributed by atoms with Crippen LogP contribution in [0.15, 0.2) is 63.8 Å². The molecule has 14 atom stereocenters. The van der Waals surface area contributed by atoms with Crippen molar-refractivity contribution in [1.29, 1.82) is 0 Å². The van der Waals surface area contributed by atoms with Crippen LogP contribution in [0.3, 0.4) is 0 Å². The van der Waals surface area contributed by atoms with Crippen LogP contribution in [0.2, 0.25) is 0 Å². The van der Waals surface area contributed by atoms with Gasteiger partial charge >= 0.3 is 5.97 Å². The predicted molar refractivity (Wildman–Crippen MR) is 214 cm³/mol. The second-order valence-electron chi connectivity index (χ2n) is 15.3. The molecule has 352 valence electrons. The lowest BCUT2D eigenvalue weighted by Crippen LogP contribution is -2.63. The van der Waals surface area contributed by atoms with Gasteiger partial charge in [0.15, 0.2) is 41.2 Å². The Labute approximate surface area is 366 Å². The second-order valence-corrected chi connectivity index (χ2v) is 15.3. The molecule has 0 radical (unpaired) electrons. The standard InChI is InChI=1S/C42H46O23/c1-15-29(49)33(53)35(55)40(60-15)61-18-11-22(46)28-25(12-18)62-37(17-5-7-19(43)21(45)10-17)38(32(28)52)64-42-39(30(50)23(47)13-59-42)65-41-36(56)34(54)31(51)26(63-41)14-58-27(48)8-4-16-3-6-20(44)24(9-16)57-2/h3-12,15,23,26,29-31,33-36,39-47,49-51,53-56H,13-14H2,1-2H3/b8-4+/t15-,23+,26-,29-,30-,31+,33+,34-,35-,36+,39+,40-,41+,42-/m0/s1. The van der Waals surface area contributed by atoms with Crippen LogP contribution in [-0.2, 0) is 28.5 Å². The SMILES string of the molecule is COc1cc(/C=C/C(=O)OC[C@@H]2O[C@H](O[C@H]3[C@H](Oc4c(-c5ccc(O)c(O)c5)oc5cc(O[C@@H]6O[C@@H](C)[C@H](O)[C@@H](O)[C@@H]6O)cc(O)c5c4=O)OC[C@@H](O)[C@@H]3O)[C@H](O)[C@@H](O)[C@@H]2O)ccc1O. The molecule has 0 unspecified atom stereocenters. The lowest BCUT2D eigenvalue weighted by atomic mass is 9.98. The van der Waals surface area contributed by atoms with Crippen LogP contribution in [0.1, 0.15) is 12.5 Å². The molecule has 0 aliphatic carbocycles. The number of methoxy groups -OCH3 is 1. The number of hydrogen-bond donors (Lipinski definition) is 12. The van der Waals surface area contributed by atoms with Crippen LogP contribution in [0.4, 0.5) is 0 Å². The fourth-order valence-electron chi connectivity index (χ4n) is 7.16. The zero-order valence-corrected chi connectivity index (χ0v) is 34.1. The van der Waals surface area contributed by atoms with Gasteiger partial charge in [0, 0.05) is 23.8 Å². The smallest absolute Gasteiger partial charge is 0.330 e. The van der Waals surface area contributed by atoms with Gasteiger partial charge in [-0.3, -0.25) is 4.79 Å². The summed E-state index contributed by atoms with van der Waals surface area (Å²) in [4.78, 5) is 26.9. The Balaban J connectivity index is 1.16. The van der Waals surface area contributed by atoms with Gasteiger partial charge in [-0.15, -0.1) is 0 Å². The summed E-state index contributed by atoms with van der Waals surface area (Å²) in [5, 5.41) is 126. The highest BCUT2D eigenvalue weighted by Crippen LogP contribution is 2.40. The second kappa shape index (κ2) is 19.4. The minimum absolute atomic E-state index is 0.121. The number of aliphatic hydroxyl groups excluding tert-OH is 8. The number of fused-ring (bicyclic) bond motifs is 1. The van der Waals surface area contributed by atoms with E-state index in [1.165, 1.54) is 44.4 Å². The zero-order chi connectivity index (χ0) is 47.0. The number of carbonyl (C=O) groups excluding carboxylic acids is 1. The number of aliphatic hydroxyl groups is 8. The Morgan fingerprint density at radius 2 is 1.45 bits per heavy atom.